The summed E-state index contributed by atoms with van der Waals surface area (Å²) in [6.07, 6.45) is 2.00. The van der Waals surface area contributed by atoms with E-state index in [1.54, 1.807) is 0 Å². The van der Waals surface area contributed by atoms with E-state index in [9.17, 15) is 4.79 Å². The van der Waals surface area contributed by atoms with Gasteiger partial charge in [0.25, 0.3) is 0 Å². The van der Waals surface area contributed by atoms with Crippen molar-refractivity contribution in [1.29, 1.82) is 0 Å². The van der Waals surface area contributed by atoms with Gasteiger partial charge in [0.2, 0.25) is 5.91 Å². The van der Waals surface area contributed by atoms with Crippen LogP contribution in [0.1, 0.15) is 33.6 Å². The molecule has 4 unspecified atom stereocenters. The molecule has 0 aliphatic carbocycles. The summed E-state index contributed by atoms with van der Waals surface area (Å²) in [4.78, 5) is 11.4. The van der Waals surface area contributed by atoms with E-state index in [4.69, 9.17) is 10.5 Å². The van der Waals surface area contributed by atoms with Gasteiger partial charge in [0.15, 0.2) is 0 Å². The van der Waals surface area contributed by atoms with E-state index >= 15 is 0 Å². The van der Waals surface area contributed by atoms with Gasteiger partial charge in [-0.25, -0.2) is 0 Å². The third-order valence-corrected chi connectivity index (χ3v) is 3.24. The van der Waals surface area contributed by atoms with Crippen molar-refractivity contribution in [2.75, 3.05) is 13.2 Å². The van der Waals surface area contributed by atoms with Crippen molar-refractivity contribution < 1.29 is 9.53 Å². The Hall–Kier alpha value is -0.610. The topological polar surface area (TPSA) is 64.3 Å². The number of nitrogens with two attached hydrogens (primary N) is 1. The fourth-order valence-electron chi connectivity index (χ4n) is 2.62. The predicted molar refractivity (Wildman–Crippen MR) is 64.0 cm³/mol. The molecule has 1 heterocycles. The molecule has 1 amide bonds. The number of ether oxygens (including phenoxy) is 1. The largest absolute Gasteiger partial charge is 0.380 e. The molecule has 4 nitrogen and oxygen atoms in total. The fourth-order valence-corrected chi connectivity index (χ4v) is 2.62. The third kappa shape index (κ3) is 3.46. The summed E-state index contributed by atoms with van der Waals surface area (Å²) in [5.74, 6) is 0.0223. The molecule has 94 valence electrons. The summed E-state index contributed by atoms with van der Waals surface area (Å²) in [5.41, 5.74) is 5.46. The van der Waals surface area contributed by atoms with E-state index in [0.29, 0.717) is 18.6 Å². The lowest BCUT2D eigenvalue weighted by Crippen LogP contribution is -2.56. The maximum absolute atomic E-state index is 11.4. The van der Waals surface area contributed by atoms with Crippen LogP contribution in [0.3, 0.4) is 0 Å². The Morgan fingerprint density at radius 2 is 2.19 bits per heavy atom. The van der Waals surface area contributed by atoms with Gasteiger partial charge in [-0.1, -0.05) is 13.8 Å². The Labute approximate surface area is 97.9 Å². The average Bonchev–Trinajstić information content (AvgIpc) is 2.16. The smallest absolute Gasteiger partial charge is 0.222 e. The lowest BCUT2D eigenvalue weighted by Gasteiger charge is -2.38. The van der Waals surface area contributed by atoms with Crippen molar-refractivity contribution >= 4 is 5.91 Å². The summed E-state index contributed by atoms with van der Waals surface area (Å²) in [6, 6.07) is 0.503. The van der Waals surface area contributed by atoms with Crippen molar-refractivity contribution in [1.82, 2.24) is 5.32 Å². The summed E-state index contributed by atoms with van der Waals surface area (Å²) < 4.78 is 5.53. The van der Waals surface area contributed by atoms with Crippen LogP contribution in [0, 0.1) is 11.8 Å². The van der Waals surface area contributed by atoms with Gasteiger partial charge in [-0.2, -0.15) is 0 Å². The fraction of sp³-hybridized carbons (Fsp3) is 0.917. The monoisotopic (exact) mass is 228 g/mol. The number of primary amides is 1. The molecular weight excluding hydrogens is 204 g/mol. The first-order chi connectivity index (χ1) is 7.56. The quantitative estimate of drug-likeness (QED) is 0.687. The van der Waals surface area contributed by atoms with E-state index in [1.165, 1.54) is 0 Å². The highest BCUT2D eigenvalue weighted by atomic mass is 16.5. The zero-order chi connectivity index (χ0) is 12.1. The minimum atomic E-state index is -0.211. The standard InChI is InChI=1S/C12H24N2O2/c1-4-5-16-7-10-11(12(13)15)8(2)6-9(3)14-10/h8-11,14H,4-7H2,1-3H3,(H2,13,15). The van der Waals surface area contributed by atoms with Gasteiger partial charge in [-0.3, -0.25) is 4.79 Å². The van der Waals surface area contributed by atoms with E-state index in [1.807, 2.05) is 0 Å². The SMILES string of the molecule is CCCOCC1NC(C)CC(C)C1C(N)=O. The van der Waals surface area contributed by atoms with Gasteiger partial charge >= 0.3 is 0 Å². The van der Waals surface area contributed by atoms with Crippen LogP contribution >= 0.6 is 0 Å². The second-order valence-electron chi connectivity index (χ2n) is 4.89. The van der Waals surface area contributed by atoms with Crippen LogP contribution in [0.2, 0.25) is 0 Å². The zero-order valence-corrected chi connectivity index (χ0v) is 10.5. The zero-order valence-electron chi connectivity index (χ0n) is 10.5. The summed E-state index contributed by atoms with van der Waals surface area (Å²) in [5, 5.41) is 3.41. The number of hydrogen-bond acceptors (Lipinski definition) is 3. The lowest BCUT2D eigenvalue weighted by atomic mass is 9.79. The molecule has 4 heteroatoms. The van der Waals surface area contributed by atoms with Gasteiger partial charge in [-0.15, -0.1) is 0 Å². The maximum Gasteiger partial charge on any atom is 0.222 e. The molecule has 0 radical (unpaired) electrons. The molecule has 1 aliphatic rings. The number of nitrogens with one attached hydrogen (secondary N) is 1. The number of carbonyl (C=O) groups excluding carboxylic acids is 1. The van der Waals surface area contributed by atoms with Gasteiger partial charge < -0.3 is 15.8 Å². The number of carbonyl (C=O) groups is 1. The van der Waals surface area contributed by atoms with Gasteiger partial charge in [0.1, 0.15) is 0 Å². The number of rotatable bonds is 5. The molecular formula is C12H24N2O2. The predicted octanol–water partition coefficient (Wildman–Crippen LogP) is 0.901. The van der Waals surface area contributed by atoms with Crippen molar-refractivity contribution in [3.63, 3.8) is 0 Å². The molecule has 1 aliphatic heterocycles. The molecule has 1 saturated heterocycles. The molecule has 1 rings (SSSR count). The van der Waals surface area contributed by atoms with Crippen LogP contribution in [0.15, 0.2) is 0 Å². The first-order valence-corrected chi connectivity index (χ1v) is 6.19. The molecule has 3 N–H and O–H groups in total. The summed E-state index contributed by atoms with van der Waals surface area (Å²) >= 11 is 0. The van der Waals surface area contributed by atoms with E-state index in [0.717, 1.165) is 19.4 Å². The van der Waals surface area contributed by atoms with E-state index in [-0.39, 0.29) is 17.9 Å². The van der Waals surface area contributed by atoms with Gasteiger partial charge in [0, 0.05) is 18.7 Å². The van der Waals surface area contributed by atoms with Crippen molar-refractivity contribution in [2.24, 2.45) is 17.6 Å². The Morgan fingerprint density at radius 1 is 1.50 bits per heavy atom. The Kier molecular flexibility index (Phi) is 5.22. The Bertz CT molecular complexity index is 233. The molecule has 0 spiro atoms. The second kappa shape index (κ2) is 6.21. The first kappa shape index (κ1) is 13.5. The van der Waals surface area contributed by atoms with Crippen LogP contribution in [0.5, 0.6) is 0 Å². The Morgan fingerprint density at radius 3 is 2.75 bits per heavy atom. The lowest BCUT2D eigenvalue weighted by molar-refractivity contribution is -0.126. The van der Waals surface area contributed by atoms with E-state index in [2.05, 4.69) is 26.1 Å². The summed E-state index contributed by atoms with van der Waals surface area (Å²) in [7, 11) is 0. The normalized spacial score (nSPS) is 34.9. The third-order valence-electron chi connectivity index (χ3n) is 3.24. The van der Waals surface area contributed by atoms with Crippen LogP contribution in [-0.2, 0) is 9.53 Å². The highest BCUT2D eigenvalue weighted by Crippen LogP contribution is 2.26. The van der Waals surface area contributed by atoms with Crippen molar-refractivity contribution in [3.8, 4) is 0 Å². The molecule has 0 aromatic rings. The molecule has 4 atom stereocenters. The van der Waals surface area contributed by atoms with E-state index < -0.39 is 0 Å². The van der Waals surface area contributed by atoms with Crippen LogP contribution in [0.25, 0.3) is 0 Å². The highest BCUT2D eigenvalue weighted by Gasteiger charge is 2.37. The molecule has 0 aromatic heterocycles. The van der Waals surface area contributed by atoms with Crippen LogP contribution < -0.4 is 11.1 Å². The Balaban J connectivity index is 2.56. The van der Waals surface area contributed by atoms with Crippen LogP contribution in [0.4, 0.5) is 0 Å². The second-order valence-corrected chi connectivity index (χ2v) is 4.89. The van der Waals surface area contributed by atoms with Crippen LogP contribution in [-0.4, -0.2) is 31.2 Å². The minimum absolute atomic E-state index is 0.0720. The average molecular weight is 228 g/mol. The molecule has 1 fully saturated rings. The minimum Gasteiger partial charge on any atom is -0.380 e. The maximum atomic E-state index is 11.4. The summed E-state index contributed by atoms with van der Waals surface area (Å²) in [6.45, 7) is 7.63. The molecule has 0 aromatic carbocycles. The first-order valence-electron chi connectivity index (χ1n) is 6.19. The number of hydrogen-bond donors (Lipinski definition) is 2. The van der Waals surface area contributed by atoms with Crippen molar-refractivity contribution in [3.05, 3.63) is 0 Å². The highest BCUT2D eigenvalue weighted by molar-refractivity contribution is 5.78. The van der Waals surface area contributed by atoms with Gasteiger partial charge in [0.05, 0.1) is 12.5 Å². The molecule has 16 heavy (non-hydrogen) atoms. The number of piperidine rings is 1. The molecule has 0 saturated carbocycles. The molecule has 0 bridgehead atoms. The van der Waals surface area contributed by atoms with Crippen molar-refractivity contribution in [2.45, 2.75) is 45.7 Å². The number of amides is 1. The van der Waals surface area contributed by atoms with Gasteiger partial charge in [-0.05, 0) is 25.7 Å².